The third-order valence-corrected chi connectivity index (χ3v) is 4.78. The van der Waals surface area contributed by atoms with Crippen LogP contribution in [0.25, 0.3) is 0 Å². The molecule has 4 rings (SSSR count). The molecule has 2 aromatic carbocycles. The summed E-state index contributed by atoms with van der Waals surface area (Å²) in [4.78, 5) is 4.48. The van der Waals surface area contributed by atoms with E-state index in [1.807, 2.05) is 28.8 Å². The average molecular weight is 347 g/mol. The van der Waals surface area contributed by atoms with Gasteiger partial charge in [0.15, 0.2) is 0 Å². The molecule has 1 aromatic heterocycles. The van der Waals surface area contributed by atoms with E-state index in [1.165, 1.54) is 0 Å². The number of rotatable bonds is 4. The van der Waals surface area contributed by atoms with Crippen LogP contribution in [0.5, 0.6) is 17.4 Å². The minimum atomic E-state index is -0.148. The highest BCUT2D eigenvalue weighted by molar-refractivity contribution is 5.57. The highest BCUT2D eigenvalue weighted by Gasteiger charge is 2.32. The van der Waals surface area contributed by atoms with Gasteiger partial charge >= 0.3 is 0 Å². The standard InChI is InChI=1S/C21H21N3O2/c1-2-3-11-24-13-23-21-19(20(24)22)18(14-7-5-4-6-8-14)16-10-9-15(25)12-17(16)26-21/h4-10,12-13,18,22,25H,2-3,11H2,1H3. The molecule has 1 aliphatic heterocycles. The second-order valence-corrected chi connectivity index (χ2v) is 6.53. The van der Waals surface area contributed by atoms with Crippen LogP contribution in [-0.4, -0.2) is 14.7 Å². The van der Waals surface area contributed by atoms with Gasteiger partial charge < -0.3 is 14.4 Å². The molecular weight excluding hydrogens is 326 g/mol. The lowest BCUT2D eigenvalue weighted by Gasteiger charge is -2.28. The molecule has 3 aromatic rings. The normalized spacial score (nSPS) is 15.0. The molecule has 0 bridgehead atoms. The smallest absolute Gasteiger partial charge is 0.228 e. The van der Waals surface area contributed by atoms with Gasteiger partial charge in [0, 0.05) is 24.1 Å². The summed E-state index contributed by atoms with van der Waals surface area (Å²) in [5, 5.41) is 18.6. The number of phenolic OH excluding ortho intramolecular Hbond substituents is 1. The topological polar surface area (TPSA) is 71.1 Å². The number of aromatic nitrogens is 2. The Balaban J connectivity index is 1.94. The van der Waals surface area contributed by atoms with E-state index in [0.29, 0.717) is 17.1 Å². The fraction of sp³-hybridized carbons (Fsp3) is 0.238. The summed E-state index contributed by atoms with van der Waals surface area (Å²) in [6, 6.07) is 15.2. The SMILES string of the molecule is CCCCn1cnc2c(c1=N)C(c1ccccc1)c1ccc(O)cc1O2. The summed E-state index contributed by atoms with van der Waals surface area (Å²) in [5.41, 5.74) is 3.21. The van der Waals surface area contributed by atoms with Crippen LogP contribution < -0.4 is 10.2 Å². The summed E-state index contributed by atoms with van der Waals surface area (Å²) < 4.78 is 7.83. The van der Waals surface area contributed by atoms with Crippen LogP contribution in [0.2, 0.25) is 0 Å². The van der Waals surface area contributed by atoms with Gasteiger partial charge in [0.2, 0.25) is 5.88 Å². The highest BCUT2D eigenvalue weighted by atomic mass is 16.5. The van der Waals surface area contributed by atoms with Crippen molar-refractivity contribution in [2.45, 2.75) is 32.2 Å². The number of hydrogen-bond acceptors (Lipinski definition) is 4. The predicted octanol–water partition coefficient (Wildman–Crippen LogP) is 4.15. The Morgan fingerprint density at radius 2 is 2.00 bits per heavy atom. The van der Waals surface area contributed by atoms with Crippen molar-refractivity contribution in [3.8, 4) is 17.4 Å². The number of unbranched alkanes of at least 4 members (excludes halogenated alkanes) is 1. The zero-order valence-corrected chi connectivity index (χ0v) is 14.6. The highest BCUT2D eigenvalue weighted by Crippen LogP contribution is 2.45. The number of aromatic hydroxyl groups is 1. The molecule has 5 heteroatoms. The maximum absolute atomic E-state index is 9.85. The lowest BCUT2D eigenvalue weighted by Crippen LogP contribution is -2.29. The minimum absolute atomic E-state index is 0.148. The number of fused-ring (bicyclic) bond motifs is 2. The van der Waals surface area contributed by atoms with Crippen molar-refractivity contribution in [2.75, 3.05) is 0 Å². The first-order valence-electron chi connectivity index (χ1n) is 8.88. The minimum Gasteiger partial charge on any atom is -0.508 e. The fourth-order valence-corrected chi connectivity index (χ4v) is 3.45. The lowest BCUT2D eigenvalue weighted by atomic mass is 9.84. The third kappa shape index (κ3) is 2.75. The van der Waals surface area contributed by atoms with Gasteiger partial charge in [-0.2, -0.15) is 0 Å². The summed E-state index contributed by atoms with van der Waals surface area (Å²) in [6.07, 6.45) is 3.73. The van der Waals surface area contributed by atoms with Gasteiger partial charge in [-0.05, 0) is 18.1 Å². The molecule has 0 aliphatic carbocycles. The first-order valence-corrected chi connectivity index (χ1v) is 8.88. The molecule has 0 radical (unpaired) electrons. The molecule has 0 saturated heterocycles. The van der Waals surface area contributed by atoms with Crippen LogP contribution in [0.15, 0.2) is 54.9 Å². The fourth-order valence-electron chi connectivity index (χ4n) is 3.45. The molecule has 0 fully saturated rings. The summed E-state index contributed by atoms with van der Waals surface area (Å²) in [5.74, 6) is 1.03. The molecule has 2 heterocycles. The van der Waals surface area contributed by atoms with Crippen molar-refractivity contribution in [2.24, 2.45) is 0 Å². The van der Waals surface area contributed by atoms with Crippen LogP contribution in [0, 0.1) is 5.41 Å². The molecule has 132 valence electrons. The maximum Gasteiger partial charge on any atom is 0.228 e. The van der Waals surface area contributed by atoms with Crippen molar-refractivity contribution < 1.29 is 9.84 Å². The zero-order chi connectivity index (χ0) is 18.1. The molecule has 5 nitrogen and oxygen atoms in total. The molecular formula is C21H21N3O2. The van der Waals surface area contributed by atoms with E-state index in [2.05, 4.69) is 24.0 Å². The van der Waals surface area contributed by atoms with Crippen molar-refractivity contribution >= 4 is 0 Å². The maximum atomic E-state index is 9.85. The second kappa shape index (κ2) is 6.67. The zero-order valence-electron chi connectivity index (χ0n) is 14.6. The Bertz CT molecular complexity index is 996. The molecule has 1 unspecified atom stereocenters. The molecule has 0 saturated carbocycles. The van der Waals surface area contributed by atoms with Crippen LogP contribution in [-0.2, 0) is 6.54 Å². The summed E-state index contributed by atoms with van der Waals surface area (Å²) in [7, 11) is 0. The number of nitrogens with zero attached hydrogens (tertiary/aromatic N) is 2. The first kappa shape index (κ1) is 16.4. The Labute approximate surface area is 152 Å². The Hall–Kier alpha value is -3.08. The molecule has 1 atom stereocenters. The summed E-state index contributed by atoms with van der Waals surface area (Å²) >= 11 is 0. The number of benzene rings is 2. The number of ether oxygens (including phenoxy) is 1. The van der Waals surface area contributed by atoms with E-state index < -0.39 is 0 Å². The average Bonchev–Trinajstić information content (AvgIpc) is 2.66. The van der Waals surface area contributed by atoms with Gasteiger partial charge in [-0.15, -0.1) is 0 Å². The van der Waals surface area contributed by atoms with Gasteiger partial charge in [0.25, 0.3) is 0 Å². The Kier molecular flexibility index (Phi) is 4.21. The third-order valence-electron chi connectivity index (χ3n) is 4.78. The molecule has 26 heavy (non-hydrogen) atoms. The second-order valence-electron chi connectivity index (χ2n) is 6.53. The van der Waals surface area contributed by atoms with Gasteiger partial charge in [0.1, 0.15) is 23.3 Å². The van der Waals surface area contributed by atoms with E-state index in [4.69, 9.17) is 10.1 Å². The van der Waals surface area contributed by atoms with Gasteiger partial charge in [0.05, 0.1) is 5.56 Å². The molecule has 0 amide bonds. The number of aryl methyl sites for hydroxylation is 1. The molecule has 1 aliphatic rings. The number of nitrogens with one attached hydrogen (secondary N) is 1. The quantitative estimate of drug-likeness (QED) is 0.582. The van der Waals surface area contributed by atoms with Crippen molar-refractivity contribution in [3.63, 3.8) is 0 Å². The first-order chi connectivity index (χ1) is 12.7. The monoisotopic (exact) mass is 347 g/mol. The van der Waals surface area contributed by atoms with Crippen molar-refractivity contribution in [1.82, 2.24) is 9.55 Å². The van der Waals surface area contributed by atoms with E-state index in [-0.39, 0.29) is 11.7 Å². The lowest BCUT2D eigenvalue weighted by molar-refractivity contribution is 0.412. The number of phenols is 1. The van der Waals surface area contributed by atoms with Crippen LogP contribution in [0.3, 0.4) is 0 Å². The van der Waals surface area contributed by atoms with E-state index >= 15 is 0 Å². The Morgan fingerprint density at radius 3 is 2.77 bits per heavy atom. The number of hydrogen-bond donors (Lipinski definition) is 2. The van der Waals surface area contributed by atoms with Crippen LogP contribution >= 0.6 is 0 Å². The van der Waals surface area contributed by atoms with Crippen LogP contribution in [0.4, 0.5) is 0 Å². The van der Waals surface area contributed by atoms with Gasteiger partial charge in [-0.25, -0.2) is 4.98 Å². The predicted molar refractivity (Wildman–Crippen MR) is 98.6 cm³/mol. The molecule has 2 N–H and O–H groups in total. The van der Waals surface area contributed by atoms with E-state index in [9.17, 15) is 5.11 Å². The van der Waals surface area contributed by atoms with E-state index in [0.717, 1.165) is 36.1 Å². The van der Waals surface area contributed by atoms with Gasteiger partial charge in [-0.3, -0.25) is 5.41 Å². The van der Waals surface area contributed by atoms with Crippen molar-refractivity contribution in [3.05, 3.63) is 77.0 Å². The largest absolute Gasteiger partial charge is 0.508 e. The Morgan fingerprint density at radius 1 is 1.19 bits per heavy atom. The van der Waals surface area contributed by atoms with Gasteiger partial charge in [-0.1, -0.05) is 49.7 Å². The van der Waals surface area contributed by atoms with E-state index in [1.54, 1.807) is 18.5 Å². The molecule has 0 spiro atoms. The summed E-state index contributed by atoms with van der Waals surface area (Å²) in [6.45, 7) is 2.90. The van der Waals surface area contributed by atoms with Crippen molar-refractivity contribution in [1.29, 1.82) is 5.41 Å². The van der Waals surface area contributed by atoms with Crippen LogP contribution in [0.1, 0.15) is 42.4 Å².